The molecule has 9 N–H and O–H groups in total. The van der Waals surface area contributed by atoms with Crippen molar-refractivity contribution in [3.63, 3.8) is 0 Å². The molecule has 100 valence electrons. The Hall–Kier alpha value is 2.64. The number of phosphoric acid groups is 1. The van der Waals surface area contributed by atoms with Gasteiger partial charge in [-0.3, -0.25) is 0 Å². The van der Waals surface area contributed by atoms with E-state index in [-0.39, 0.29) is 125 Å². The van der Waals surface area contributed by atoms with Crippen molar-refractivity contribution < 1.29 is 54.7 Å². The Labute approximate surface area is 191 Å². The predicted octanol–water partition coefficient (Wildman–Crippen LogP) is -4.44. The summed E-state index contributed by atoms with van der Waals surface area (Å²) in [6, 6.07) is 0. The molecule has 0 heterocycles. The third kappa shape index (κ3) is 834. The summed E-state index contributed by atoms with van der Waals surface area (Å²) in [5.74, 6) is 0. The van der Waals surface area contributed by atoms with E-state index >= 15 is 0 Å². The van der Waals surface area contributed by atoms with Crippen LogP contribution >= 0.6 is 7.82 Å². The second-order valence-electron chi connectivity index (χ2n) is 1.08. The van der Waals surface area contributed by atoms with Gasteiger partial charge in [-0.1, -0.05) is 0 Å². The van der Waals surface area contributed by atoms with E-state index < -0.39 is 20.1 Å². The zero-order chi connectivity index (χ0) is 11.7. The normalized spacial score (nSPS) is 5.94. The van der Waals surface area contributed by atoms with E-state index in [0.29, 0.717) is 0 Å². The minimum atomic E-state index is -4.64. The minimum absolute atomic E-state index is 0. The number of hydrogen-bond donors (Lipinski definition) is 7. The zero-order valence-electron chi connectivity index (χ0n) is 6.30. The van der Waals surface area contributed by atoms with Crippen molar-refractivity contribution >= 4 is 140 Å². The fourth-order valence-electron chi connectivity index (χ4n) is 0. The molecule has 0 rings (SSSR count). The molecule has 0 aromatic rings. The number of hydrogen-bond acceptors (Lipinski definition) is 3. The molecule has 0 aliphatic carbocycles. The molecule has 0 fully saturated rings. The molecule has 0 saturated carbocycles. The summed E-state index contributed by atoms with van der Waals surface area (Å²) < 4.78 is 8.88. The summed E-state index contributed by atoms with van der Waals surface area (Å²) in [5.41, 5.74) is 0. The van der Waals surface area contributed by atoms with Gasteiger partial charge in [0.2, 0.25) is 0 Å². The van der Waals surface area contributed by atoms with E-state index in [1.165, 1.54) is 0 Å². The second-order valence-corrected chi connectivity index (χ2v) is 2.10. The molecule has 0 amide bonds. The molecule has 0 aromatic carbocycles. The Balaban J connectivity index is -0.0000000123. The molecule has 16 heteroatoms. The van der Waals surface area contributed by atoms with Crippen LogP contribution in [0.3, 0.4) is 0 Å². The zero-order valence-corrected chi connectivity index (χ0v) is 7.20. The standard InChI is InChI=1S/2CH2O3.Ca.Mg.2Na.H3O4P.H2O.6H/c2*2-1(3)4;;;;;1-5(2,3)4;;;;;;;/h2*(H2,2,3,4);;;;;(H3,1,2,3,4);1H2;;;;;;. The van der Waals surface area contributed by atoms with Crippen molar-refractivity contribution in [1.29, 1.82) is 0 Å². The molecule has 0 aliphatic heterocycles. The third-order valence-electron chi connectivity index (χ3n) is 0. The Kier molecular flexibility index (Phi) is 88.1. The molecule has 0 spiro atoms. The first-order valence-electron chi connectivity index (χ1n) is 2.09. The van der Waals surface area contributed by atoms with Crippen LogP contribution in [-0.4, -0.2) is 173 Å². The van der Waals surface area contributed by atoms with Gasteiger partial charge in [-0.25, -0.2) is 14.2 Å². The topological polar surface area (TPSA) is 224 Å². The average Bonchev–Trinajstić information content (AvgIpc) is 1.50. The quantitative estimate of drug-likeness (QED) is 0.163. The second kappa shape index (κ2) is 31.8. The fourth-order valence-corrected chi connectivity index (χ4v) is 0. The van der Waals surface area contributed by atoms with Crippen LogP contribution in [-0.2, 0) is 4.57 Å². The third-order valence-corrected chi connectivity index (χ3v) is 0. The maximum atomic E-state index is 8.88. The van der Waals surface area contributed by atoms with Gasteiger partial charge in [0, 0.05) is 0 Å². The summed E-state index contributed by atoms with van der Waals surface area (Å²) in [5, 5.41) is 27.9. The van der Waals surface area contributed by atoms with Gasteiger partial charge in [0.05, 0.1) is 0 Å². The molecule has 0 atom stereocenters. The molecule has 0 unspecified atom stereocenters. The van der Waals surface area contributed by atoms with E-state index in [9.17, 15) is 0 Å². The summed E-state index contributed by atoms with van der Waals surface area (Å²) in [4.78, 5) is 38.7. The number of carbonyl (C=O) groups is 2. The van der Waals surface area contributed by atoms with E-state index in [2.05, 4.69) is 0 Å². The van der Waals surface area contributed by atoms with Crippen LogP contribution < -0.4 is 0 Å². The monoisotopic (exact) mass is 356 g/mol. The van der Waals surface area contributed by atoms with Crippen LogP contribution in [0.5, 0.6) is 0 Å². The number of carboxylic acid groups (broad SMARTS) is 4. The molecule has 0 aliphatic rings. The van der Waals surface area contributed by atoms with Crippen molar-refractivity contribution in [2.45, 2.75) is 0 Å². The van der Waals surface area contributed by atoms with Gasteiger partial charge in [-0.05, 0) is 0 Å². The van der Waals surface area contributed by atoms with Crippen molar-refractivity contribution in [1.82, 2.24) is 0 Å². The molecule has 18 heavy (non-hydrogen) atoms. The molecule has 0 bridgehead atoms. The van der Waals surface area contributed by atoms with Gasteiger partial charge in [-0.15, -0.1) is 0 Å². The van der Waals surface area contributed by atoms with Crippen molar-refractivity contribution in [3.8, 4) is 0 Å². The number of rotatable bonds is 0. The van der Waals surface area contributed by atoms with E-state index in [0.717, 1.165) is 0 Å². The molecular weight excluding hydrogens is 341 g/mol. The van der Waals surface area contributed by atoms with Crippen LogP contribution in [0.4, 0.5) is 9.59 Å². The van der Waals surface area contributed by atoms with Crippen molar-refractivity contribution in [2.24, 2.45) is 0 Å². The molecule has 0 radical (unpaired) electrons. The first-order valence-corrected chi connectivity index (χ1v) is 3.65. The van der Waals surface area contributed by atoms with Crippen molar-refractivity contribution in [3.05, 3.63) is 0 Å². The SMILES string of the molecule is O.O=C(O)O.O=C(O)O.O=P(O)(O)O.[CaH2].[MgH2].[NaH].[NaH]. The Bertz CT molecular complexity index is 181. The Morgan fingerprint density at radius 3 is 0.778 bits per heavy atom. The van der Waals surface area contributed by atoms with Crippen LogP contribution in [0.25, 0.3) is 0 Å². The predicted molar refractivity (Wildman–Crippen MR) is 70.6 cm³/mol. The summed E-state index contributed by atoms with van der Waals surface area (Å²) >= 11 is 0. The fraction of sp³-hybridized carbons (Fsp3) is 0. The molecule has 11 nitrogen and oxygen atoms in total. The Morgan fingerprint density at radius 2 is 0.778 bits per heavy atom. The van der Waals surface area contributed by atoms with Gasteiger partial charge in [0.15, 0.2) is 0 Å². The van der Waals surface area contributed by atoms with Gasteiger partial charge in [-0.2, -0.15) is 0 Å². The molecular formula is C2H15CaMgNa2O11P. The first kappa shape index (κ1) is 49.8. The van der Waals surface area contributed by atoms with Crippen LogP contribution in [0.1, 0.15) is 0 Å². The van der Waals surface area contributed by atoms with E-state index in [1.54, 1.807) is 0 Å². The summed E-state index contributed by atoms with van der Waals surface area (Å²) in [6.07, 6.45) is -3.67. The van der Waals surface area contributed by atoms with Gasteiger partial charge in [0.1, 0.15) is 0 Å². The van der Waals surface area contributed by atoms with Gasteiger partial charge >= 0.3 is 140 Å². The van der Waals surface area contributed by atoms with E-state index in [4.69, 9.17) is 49.3 Å². The van der Waals surface area contributed by atoms with Crippen LogP contribution in [0.15, 0.2) is 0 Å². The van der Waals surface area contributed by atoms with Gasteiger partial charge in [0.25, 0.3) is 0 Å². The Morgan fingerprint density at radius 1 is 0.778 bits per heavy atom. The molecule has 0 aromatic heterocycles. The molecule has 0 saturated heterocycles. The van der Waals surface area contributed by atoms with E-state index in [1.807, 2.05) is 0 Å². The maximum absolute atomic E-state index is 8.88. The van der Waals surface area contributed by atoms with Gasteiger partial charge < -0.3 is 40.6 Å². The van der Waals surface area contributed by atoms with Crippen LogP contribution in [0, 0.1) is 0 Å². The van der Waals surface area contributed by atoms with Crippen molar-refractivity contribution in [2.75, 3.05) is 0 Å². The summed E-state index contributed by atoms with van der Waals surface area (Å²) in [7, 11) is -4.64. The first-order chi connectivity index (χ1) is 5.46. The summed E-state index contributed by atoms with van der Waals surface area (Å²) in [6.45, 7) is 0. The van der Waals surface area contributed by atoms with Crippen LogP contribution in [0.2, 0.25) is 0 Å². The average molecular weight is 356 g/mol.